The van der Waals surface area contributed by atoms with Gasteiger partial charge in [0, 0.05) is 24.2 Å². The number of aromatic hydroxyl groups is 1. The Morgan fingerprint density at radius 2 is 1.54 bits per heavy atom. The van der Waals surface area contributed by atoms with Crippen molar-refractivity contribution < 1.29 is 14.7 Å². The second kappa shape index (κ2) is 8.34. The normalized spacial score (nSPS) is 9.79. The summed E-state index contributed by atoms with van der Waals surface area (Å²) in [5.41, 5.74) is 1.24. The first-order chi connectivity index (χ1) is 11.6. The molecule has 2 amide bonds. The summed E-state index contributed by atoms with van der Waals surface area (Å²) in [6, 6.07) is 14.5. The zero-order chi connectivity index (χ0) is 17.4. The van der Waals surface area contributed by atoms with Gasteiger partial charge in [-0.2, -0.15) is 5.26 Å². The average molecular weight is 323 g/mol. The minimum absolute atomic E-state index is 0.0366. The van der Waals surface area contributed by atoms with Crippen molar-refractivity contribution in [2.24, 2.45) is 0 Å². The van der Waals surface area contributed by atoms with Crippen molar-refractivity contribution in [3.63, 3.8) is 0 Å². The summed E-state index contributed by atoms with van der Waals surface area (Å²) in [6.45, 7) is 0.795. The molecule has 0 aromatic heterocycles. The van der Waals surface area contributed by atoms with E-state index in [0.717, 1.165) is 0 Å². The molecule has 0 fully saturated rings. The highest BCUT2D eigenvalue weighted by atomic mass is 16.3. The molecule has 0 aliphatic rings. The summed E-state index contributed by atoms with van der Waals surface area (Å²) in [5.74, 6) is -0.500. The molecule has 2 rings (SSSR count). The molecule has 122 valence electrons. The van der Waals surface area contributed by atoms with Crippen molar-refractivity contribution in [1.29, 1.82) is 5.26 Å². The summed E-state index contributed by atoms with van der Waals surface area (Å²) in [4.78, 5) is 23.8. The van der Waals surface area contributed by atoms with Gasteiger partial charge in [0.25, 0.3) is 11.8 Å². The molecule has 0 spiro atoms. The molecule has 2 aromatic rings. The summed E-state index contributed by atoms with van der Waals surface area (Å²) in [7, 11) is 0. The molecule has 0 aliphatic carbocycles. The fourth-order valence-electron chi connectivity index (χ4n) is 2.07. The Labute approximate surface area is 139 Å². The van der Waals surface area contributed by atoms with Crippen LogP contribution in [0.1, 0.15) is 32.7 Å². The van der Waals surface area contributed by atoms with Gasteiger partial charge in [0.2, 0.25) is 0 Å². The molecular formula is C18H17N3O3. The van der Waals surface area contributed by atoms with Crippen molar-refractivity contribution >= 4 is 11.8 Å². The van der Waals surface area contributed by atoms with Crippen LogP contribution in [0.15, 0.2) is 48.5 Å². The molecule has 0 aliphatic heterocycles. The van der Waals surface area contributed by atoms with Crippen molar-refractivity contribution in [2.75, 3.05) is 13.1 Å². The number of hydrogen-bond donors (Lipinski definition) is 3. The largest absolute Gasteiger partial charge is 0.508 e. The Kier molecular flexibility index (Phi) is 5.92. The Morgan fingerprint density at radius 3 is 2.12 bits per heavy atom. The van der Waals surface area contributed by atoms with Crippen LogP contribution in [0, 0.1) is 11.3 Å². The van der Waals surface area contributed by atoms with E-state index in [2.05, 4.69) is 10.6 Å². The quantitative estimate of drug-likeness (QED) is 0.706. The van der Waals surface area contributed by atoms with Crippen LogP contribution in [0.4, 0.5) is 0 Å². The Balaban J connectivity index is 1.72. The number of nitrogens with zero attached hydrogens (tertiary/aromatic N) is 1. The molecule has 0 unspecified atom stereocenters. The molecule has 0 radical (unpaired) electrons. The number of carbonyl (C=O) groups is 2. The fraction of sp³-hybridized carbons (Fsp3) is 0.167. The topological polar surface area (TPSA) is 102 Å². The smallest absolute Gasteiger partial charge is 0.251 e. The molecule has 0 saturated carbocycles. The van der Waals surface area contributed by atoms with Crippen molar-refractivity contribution in [2.45, 2.75) is 6.42 Å². The Bertz CT molecular complexity index is 781. The number of phenols is 1. The van der Waals surface area contributed by atoms with Crippen molar-refractivity contribution in [3.8, 4) is 11.8 Å². The van der Waals surface area contributed by atoms with Crippen LogP contribution >= 0.6 is 0 Å². The molecule has 0 atom stereocenters. The van der Waals surface area contributed by atoms with E-state index in [4.69, 9.17) is 5.26 Å². The van der Waals surface area contributed by atoms with E-state index in [1.807, 2.05) is 6.07 Å². The summed E-state index contributed by atoms with van der Waals surface area (Å²) < 4.78 is 0. The van der Waals surface area contributed by atoms with Crippen molar-refractivity contribution in [3.05, 3.63) is 65.2 Å². The third-order valence-corrected chi connectivity index (χ3v) is 3.29. The van der Waals surface area contributed by atoms with E-state index in [-0.39, 0.29) is 17.6 Å². The van der Waals surface area contributed by atoms with Gasteiger partial charge in [0.15, 0.2) is 0 Å². The van der Waals surface area contributed by atoms with Gasteiger partial charge in [0.05, 0.1) is 11.6 Å². The van der Waals surface area contributed by atoms with E-state index in [9.17, 15) is 14.7 Å². The molecule has 3 N–H and O–H groups in total. The second-order valence-electron chi connectivity index (χ2n) is 5.11. The lowest BCUT2D eigenvalue weighted by atomic mass is 10.1. The molecule has 2 aromatic carbocycles. The van der Waals surface area contributed by atoms with Crippen molar-refractivity contribution in [1.82, 2.24) is 10.6 Å². The van der Waals surface area contributed by atoms with E-state index in [1.54, 1.807) is 30.3 Å². The Hall–Kier alpha value is -3.33. The maximum atomic E-state index is 11.9. The van der Waals surface area contributed by atoms with Gasteiger partial charge in [0.1, 0.15) is 5.75 Å². The van der Waals surface area contributed by atoms with Gasteiger partial charge in [-0.05, 0) is 42.8 Å². The number of benzene rings is 2. The van der Waals surface area contributed by atoms with E-state index in [1.165, 1.54) is 18.2 Å². The lowest BCUT2D eigenvalue weighted by Crippen LogP contribution is -2.29. The Morgan fingerprint density at radius 1 is 0.958 bits per heavy atom. The highest BCUT2D eigenvalue weighted by Gasteiger charge is 2.07. The number of hydrogen-bond acceptors (Lipinski definition) is 4. The average Bonchev–Trinajstić information content (AvgIpc) is 2.61. The SMILES string of the molecule is N#Cc1cccc(C(=O)NCCCNC(=O)c2cccc(O)c2)c1. The first-order valence-electron chi connectivity index (χ1n) is 7.46. The highest BCUT2D eigenvalue weighted by Crippen LogP contribution is 2.10. The van der Waals surface area contributed by atoms with Gasteiger partial charge >= 0.3 is 0 Å². The van der Waals surface area contributed by atoms with Gasteiger partial charge < -0.3 is 15.7 Å². The summed E-state index contributed by atoms with van der Waals surface area (Å²) >= 11 is 0. The van der Waals surface area contributed by atoms with E-state index < -0.39 is 0 Å². The number of phenolic OH excluding ortho intramolecular Hbond substituents is 1. The molecule has 0 heterocycles. The lowest BCUT2D eigenvalue weighted by molar-refractivity contribution is 0.0951. The van der Waals surface area contributed by atoms with E-state index >= 15 is 0 Å². The first-order valence-corrected chi connectivity index (χ1v) is 7.46. The predicted molar refractivity (Wildman–Crippen MR) is 88.5 cm³/mol. The van der Waals surface area contributed by atoms with Crippen LogP contribution in [0.5, 0.6) is 5.75 Å². The zero-order valence-electron chi connectivity index (χ0n) is 13.0. The second-order valence-corrected chi connectivity index (χ2v) is 5.11. The van der Waals surface area contributed by atoms with Crippen LogP contribution in [0.3, 0.4) is 0 Å². The van der Waals surface area contributed by atoms with E-state index in [0.29, 0.717) is 36.2 Å². The lowest BCUT2D eigenvalue weighted by Gasteiger charge is -2.07. The monoisotopic (exact) mass is 323 g/mol. The van der Waals surface area contributed by atoms with Crippen LogP contribution in [-0.2, 0) is 0 Å². The minimum Gasteiger partial charge on any atom is -0.508 e. The van der Waals surface area contributed by atoms with Crippen LogP contribution in [0.2, 0.25) is 0 Å². The number of nitriles is 1. The van der Waals surface area contributed by atoms with Crippen LogP contribution < -0.4 is 10.6 Å². The van der Waals surface area contributed by atoms with Crippen LogP contribution in [0.25, 0.3) is 0 Å². The molecular weight excluding hydrogens is 306 g/mol. The van der Waals surface area contributed by atoms with Gasteiger partial charge in [-0.25, -0.2) is 0 Å². The first kappa shape index (κ1) is 17.0. The van der Waals surface area contributed by atoms with Gasteiger partial charge in [-0.15, -0.1) is 0 Å². The standard InChI is InChI=1S/C18H17N3O3/c19-12-13-4-1-5-14(10-13)17(23)20-8-3-9-21-18(24)15-6-2-7-16(22)11-15/h1-2,4-7,10-11,22H,3,8-9H2,(H,20,23)(H,21,24). The number of amides is 2. The minimum atomic E-state index is -0.279. The zero-order valence-corrected chi connectivity index (χ0v) is 13.0. The predicted octanol–water partition coefficient (Wildman–Crippen LogP) is 1.81. The number of carbonyl (C=O) groups excluding carboxylic acids is 2. The van der Waals surface area contributed by atoms with Crippen LogP contribution in [-0.4, -0.2) is 30.0 Å². The summed E-state index contributed by atoms with van der Waals surface area (Å²) in [5, 5.41) is 23.6. The molecule has 6 heteroatoms. The maximum absolute atomic E-state index is 11.9. The number of rotatable bonds is 6. The fourth-order valence-corrected chi connectivity index (χ4v) is 2.07. The third-order valence-electron chi connectivity index (χ3n) is 3.29. The number of nitrogens with one attached hydrogen (secondary N) is 2. The summed E-state index contributed by atoms with van der Waals surface area (Å²) in [6.07, 6.45) is 0.564. The molecule has 0 saturated heterocycles. The maximum Gasteiger partial charge on any atom is 0.251 e. The molecule has 6 nitrogen and oxygen atoms in total. The third kappa shape index (κ3) is 4.85. The molecule has 0 bridgehead atoms. The highest BCUT2D eigenvalue weighted by molar-refractivity contribution is 5.95. The van der Waals surface area contributed by atoms with Gasteiger partial charge in [-0.1, -0.05) is 12.1 Å². The molecule has 24 heavy (non-hydrogen) atoms. The van der Waals surface area contributed by atoms with Gasteiger partial charge in [-0.3, -0.25) is 9.59 Å².